The number of Topliss-reactive ketones (excluding diaryl/α,β-unsaturated/α-hetero) is 1. The van der Waals surface area contributed by atoms with Crippen LogP contribution >= 0.6 is 0 Å². The summed E-state index contributed by atoms with van der Waals surface area (Å²) in [6.07, 6.45) is 2.97. The van der Waals surface area contributed by atoms with Crippen LogP contribution in [0.25, 0.3) is 32.8 Å². The van der Waals surface area contributed by atoms with Crippen LogP contribution in [0.1, 0.15) is 39.7 Å². The first-order chi connectivity index (χ1) is 15.9. The fourth-order valence-electron chi connectivity index (χ4n) is 4.46. The van der Waals surface area contributed by atoms with Crippen LogP contribution in [0.5, 0.6) is 0 Å². The van der Waals surface area contributed by atoms with Gasteiger partial charge in [-0.1, -0.05) is 82.6 Å². The van der Waals surface area contributed by atoms with Gasteiger partial charge >= 0.3 is 0 Å². The number of rotatable bonds is 8. The molecule has 0 spiro atoms. The van der Waals surface area contributed by atoms with E-state index >= 15 is 0 Å². The maximum absolute atomic E-state index is 13.0. The number of ketones is 1. The average Bonchev–Trinajstić information content (AvgIpc) is 3.22. The molecule has 4 rings (SSSR count). The number of nitrogens with one attached hydrogen (secondary N) is 2. The molecule has 0 unspecified atom stereocenters. The lowest BCUT2D eigenvalue weighted by Gasteiger charge is -2.24. The summed E-state index contributed by atoms with van der Waals surface area (Å²) in [5, 5.41) is 6.46. The lowest BCUT2D eigenvalue weighted by molar-refractivity contribution is -0.130. The molecule has 33 heavy (non-hydrogen) atoms. The van der Waals surface area contributed by atoms with E-state index in [9.17, 15) is 9.59 Å². The van der Waals surface area contributed by atoms with E-state index in [2.05, 4.69) is 71.0 Å². The molecule has 4 nitrogen and oxygen atoms in total. The van der Waals surface area contributed by atoms with Crippen molar-refractivity contribution in [2.45, 2.75) is 46.6 Å². The van der Waals surface area contributed by atoms with E-state index in [0.717, 1.165) is 28.5 Å². The van der Waals surface area contributed by atoms with Gasteiger partial charge in [0, 0.05) is 23.0 Å². The second-order valence-electron chi connectivity index (χ2n) is 9.27. The first kappa shape index (κ1) is 22.8. The lowest BCUT2D eigenvalue weighted by atomic mass is 9.90. The minimum absolute atomic E-state index is 0.0925. The van der Waals surface area contributed by atoms with E-state index in [4.69, 9.17) is 0 Å². The molecule has 1 aromatic heterocycles. The molecule has 1 amide bonds. The number of amides is 1. The van der Waals surface area contributed by atoms with Crippen molar-refractivity contribution in [3.63, 3.8) is 0 Å². The maximum Gasteiger partial charge on any atom is 0.225 e. The third-order valence-electron chi connectivity index (χ3n) is 6.62. The summed E-state index contributed by atoms with van der Waals surface area (Å²) < 4.78 is 0. The van der Waals surface area contributed by atoms with Gasteiger partial charge in [0.1, 0.15) is 0 Å². The molecule has 0 bridgehead atoms. The summed E-state index contributed by atoms with van der Waals surface area (Å²) in [5.41, 5.74) is 4.22. The van der Waals surface area contributed by atoms with Gasteiger partial charge in [-0.25, -0.2) is 0 Å². The number of aromatic nitrogens is 1. The predicted octanol–water partition coefficient (Wildman–Crippen LogP) is 6.29. The smallest absolute Gasteiger partial charge is 0.225 e. The number of fused-ring (bicyclic) bond motifs is 2. The highest BCUT2D eigenvalue weighted by atomic mass is 16.2. The third-order valence-corrected chi connectivity index (χ3v) is 6.62. The Labute approximate surface area is 195 Å². The molecule has 0 fully saturated rings. The van der Waals surface area contributed by atoms with Crippen molar-refractivity contribution < 1.29 is 9.59 Å². The zero-order valence-corrected chi connectivity index (χ0v) is 19.8. The number of aromatic amines is 1. The summed E-state index contributed by atoms with van der Waals surface area (Å²) in [7, 11) is 0. The highest BCUT2D eigenvalue weighted by Gasteiger charge is 2.27. The second-order valence-corrected chi connectivity index (χ2v) is 9.27. The number of benzene rings is 3. The van der Waals surface area contributed by atoms with Crippen LogP contribution in [-0.2, 0) is 16.0 Å². The van der Waals surface area contributed by atoms with Crippen molar-refractivity contribution in [3.05, 3.63) is 72.4 Å². The van der Waals surface area contributed by atoms with Crippen LogP contribution < -0.4 is 5.32 Å². The van der Waals surface area contributed by atoms with Crippen molar-refractivity contribution in [2.24, 2.45) is 11.8 Å². The maximum atomic E-state index is 13.0. The minimum Gasteiger partial charge on any atom is -0.361 e. The molecule has 0 saturated carbocycles. The van der Waals surface area contributed by atoms with Gasteiger partial charge < -0.3 is 10.3 Å². The van der Waals surface area contributed by atoms with Crippen LogP contribution in [0.3, 0.4) is 0 Å². The molecule has 170 valence electrons. The van der Waals surface area contributed by atoms with Crippen LogP contribution in [0.4, 0.5) is 0 Å². The fourth-order valence-corrected chi connectivity index (χ4v) is 4.46. The van der Waals surface area contributed by atoms with E-state index in [1.165, 1.54) is 16.3 Å². The molecule has 0 aliphatic heterocycles. The van der Waals surface area contributed by atoms with Crippen molar-refractivity contribution in [2.75, 3.05) is 0 Å². The lowest BCUT2D eigenvalue weighted by Crippen LogP contribution is -2.47. The van der Waals surface area contributed by atoms with Crippen molar-refractivity contribution in [3.8, 4) is 11.1 Å². The number of carbonyl (C=O) groups is 2. The Bertz CT molecular complexity index is 1300. The Morgan fingerprint density at radius 3 is 2.45 bits per heavy atom. The molecule has 3 aromatic carbocycles. The first-order valence-electron chi connectivity index (χ1n) is 11.8. The number of carbonyl (C=O) groups excluding carboxylic acids is 2. The van der Waals surface area contributed by atoms with Gasteiger partial charge in [-0.3, -0.25) is 9.59 Å². The average molecular weight is 441 g/mol. The highest BCUT2D eigenvalue weighted by Crippen LogP contribution is 2.31. The Hall–Kier alpha value is -3.40. The Balaban J connectivity index is 1.63. The van der Waals surface area contributed by atoms with Gasteiger partial charge in [0.15, 0.2) is 5.78 Å². The SMILES string of the molecule is CC[C@H](C)[C@H](NC(=O)Cc1c[nH]c2ccc(-c3cccc4ccccc34)cc12)C(=O)C(C)C. The molecule has 1 heterocycles. The van der Waals surface area contributed by atoms with Crippen LogP contribution in [0.2, 0.25) is 0 Å². The van der Waals surface area contributed by atoms with Gasteiger partial charge in [-0.2, -0.15) is 0 Å². The quantitative estimate of drug-likeness (QED) is 0.338. The number of H-pyrrole nitrogens is 1. The molecule has 0 radical (unpaired) electrons. The van der Waals surface area contributed by atoms with E-state index in [1.54, 1.807) is 0 Å². The van der Waals surface area contributed by atoms with Crippen LogP contribution in [0, 0.1) is 11.8 Å². The predicted molar refractivity (Wildman–Crippen MR) is 136 cm³/mol. The molecule has 0 aliphatic rings. The Morgan fingerprint density at radius 1 is 0.939 bits per heavy atom. The van der Waals surface area contributed by atoms with Crippen molar-refractivity contribution >= 4 is 33.4 Å². The second kappa shape index (κ2) is 9.62. The van der Waals surface area contributed by atoms with E-state index in [0.29, 0.717) is 0 Å². The third kappa shape index (κ3) is 4.70. The minimum atomic E-state index is -0.445. The largest absolute Gasteiger partial charge is 0.361 e. The summed E-state index contributed by atoms with van der Waals surface area (Å²) >= 11 is 0. The summed E-state index contributed by atoms with van der Waals surface area (Å²) in [6, 6.07) is 20.6. The molecular weight excluding hydrogens is 408 g/mol. The zero-order chi connectivity index (χ0) is 23.5. The summed E-state index contributed by atoms with van der Waals surface area (Å²) in [5.74, 6) is -0.0361. The molecule has 2 atom stereocenters. The molecule has 4 aromatic rings. The number of hydrogen-bond acceptors (Lipinski definition) is 2. The molecular formula is C29H32N2O2. The Morgan fingerprint density at radius 2 is 1.70 bits per heavy atom. The number of hydrogen-bond donors (Lipinski definition) is 2. The van der Waals surface area contributed by atoms with E-state index in [-0.39, 0.29) is 29.9 Å². The summed E-state index contributed by atoms with van der Waals surface area (Å²) in [4.78, 5) is 28.9. The molecule has 0 saturated heterocycles. The Kier molecular flexibility index (Phi) is 6.64. The monoisotopic (exact) mass is 440 g/mol. The molecule has 4 heteroatoms. The summed E-state index contributed by atoms with van der Waals surface area (Å²) in [6.45, 7) is 7.84. The fraction of sp³-hybridized carbons (Fsp3) is 0.310. The van der Waals surface area contributed by atoms with Gasteiger partial charge in [-0.05, 0) is 45.5 Å². The van der Waals surface area contributed by atoms with Gasteiger partial charge in [0.25, 0.3) is 0 Å². The zero-order valence-electron chi connectivity index (χ0n) is 19.8. The van der Waals surface area contributed by atoms with E-state index < -0.39 is 6.04 Å². The van der Waals surface area contributed by atoms with Gasteiger partial charge in [-0.15, -0.1) is 0 Å². The van der Waals surface area contributed by atoms with Crippen LogP contribution in [-0.4, -0.2) is 22.7 Å². The van der Waals surface area contributed by atoms with Crippen LogP contribution in [0.15, 0.2) is 66.9 Å². The van der Waals surface area contributed by atoms with Crippen molar-refractivity contribution in [1.82, 2.24) is 10.3 Å². The van der Waals surface area contributed by atoms with Gasteiger partial charge in [0.05, 0.1) is 12.5 Å². The molecule has 2 N–H and O–H groups in total. The van der Waals surface area contributed by atoms with Crippen molar-refractivity contribution in [1.29, 1.82) is 0 Å². The highest BCUT2D eigenvalue weighted by molar-refractivity contribution is 6.00. The van der Waals surface area contributed by atoms with Gasteiger partial charge in [0.2, 0.25) is 5.91 Å². The first-order valence-corrected chi connectivity index (χ1v) is 11.8. The topological polar surface area (TPSA) is 62.0 Å². The van der Waals surface area contributed by atoms with E-state index in [1.807, 2.05) is 33.9 Å². The normalized spacial score (nSPS) is 13.4. The molecule has 0 aliphatic carbocycles. The standard InChI is InChI=1S/C29H32N2O2/c1-5-19(4)28(29(33)18(2)3)31-27(32)16-22-17-30-26-14-13-21(15-25(22)26)24-12-8-10-20-9-6-7-11-23(20)24/h6-15,17-19,28,30H,5,16H2,1-4H3,(H,31,32)/t19-,28-/m0/s1.